The topological polar surface area (TPSA) is 115 Å². The Morgan fingerprint density at radius 2 is 1.81 bits per heavy atom. The summed E-state index contributed by atoms with van der Waals surface area (Å²) in [6.45, 7) is 8.23. The van der Waals surface area contributed by atoms with Crippen LogP contribution in [0.3, 0.4) is 0 Å². The first-order valence-electron chi connectivity index (χ1n) is 12.6. The first kappa shape index (κ1) is 24.1. The average molecular weight is 492 g/mol. The van der Waals surface area contributed by atoms with Crippen LogP contribution in [0.2, 0.25) is 0 Å². The van der Waals surface area contributed by atoms with Crippen molar-refractivity contribution in [3.05, 3.63) is 41.2 Å². The number of hydrogen-bond acceptors (Lipinski definition) is 7. The van der Waals surface area contributed by atoms with Gasteiger partial charge in [-0.1, -0.05) is 0 Å². The molecule has 1 aromatic carbocycles. The number of piperidine rings is 1. The number of aromatic nitrogens is 3. The van der Waals surface area contributed by atoms with Crippen molar-refractivity contribution in [2.75, 3.05) is 61.5 Å². The molecule has 4 heterocycles. The quantitative estimate of drug-likeness (QED) is 0.485. The largest absolute Gasteiger partial charge is 0.378 e. The lowest BCUT2D eigenvalue weighted by atomic mass is 10.1. The number of H-pyrrole nitrogens is 1. The van der Waals surface area contributed by atoms with E-state index in [9.17, 15) is 9.59 Å². The molecule has 3 N–H and O–H groups in total. The van der Waals surface area contributed by atoms with E-state index in [1.54, 1.807) is 6.07 Å². The third kappa shape index (κ3) is 5.28. The van der Waals surface area contributed by atoms with Crippen LogP contribution in [0, 0.1) is 13.8 Å². The van der Waals surface area contributed by atoms with Crippen molar-refractivity contribution < 1.29 is 14.3 Å². The standard InChI is InChI=1S/C26H33N7O3/c1-17-18(2)28-21-7-6-19(14-20(17)21)29-25(35)22-15-23(27-16-24(34)32-8-4-3-5-9-32)31-26(30-22)33-10-12-36-13-11-33/h6-7,14-15,28H,3-5,8-13,16H2,1-2H3,(H,29,35)(H,27,30,31). The van der Waals surface area contributed by atoms with Crippen molar-refractivity contribution >= 4 is 40.2 Å². The summed E-state index contributed by atoms with van der Waals surface area (Å²) in [4.78, 5) is 42.3. The van der Waals surface area contributed by atoms with Gasteiger partial charge in [0.25, 0.3) is 5.91 Å². The van der Waals surface area contributed by atoms with Gasteiger partial charge in [0.05, 0.1) is 19.8 Å². The van der Waals surface area contributed by atoms with Crippen LogP contribution in [0.5, 0.6) is 0 Å². The maximum Gasteiger partial charge on any atom is 0.274 e. The summed E-state index contributed by atoms with van der Waals surface area (Å²) in [6, 6.07) is 7.40. The third-order valence-electron chi connectivity index (χ3n) is 6.94. The summed E-state index contributed by atoms with van der Waals surface area (Å²) in [6.07, 6.45) is 3.25. The van der Waals surface area contributed by atoms with Crippen molar-refractivity contribution in [2.24, 2.45) is 0 Å². The monoisotopic (exact) mass is 491 g/mol. The van der Waals surface area contributed by atoms with Crippen molar-refractivity contribution in [3.8, 4) is 0 Å². The maximum absolute atomic E-state index is 13.3. The number of carbonyl (C=O) groups is 2. The maximum atomic E-state index is 13.3. The lowest BCUT2D eigenvalue weighted by Crippen LogP contribution is -2.39. The Bertz CT molecular complexity index is 1260. The molecule has 0 unspecified atom stereocenters. The van der Waals surface area contributed by atoms with Gasteiger partial charge in [0.1, 0.15) is 11.5 Å². The van der Waals surface area contributed by atoms with E-state index in [-0.39, 0.29) is 24.1 Å². The molecule has 10 nitrogen and oxygen atoms in total. The number of anilines is 3. The Morgan fingerprint density at radius 3 is 2.58 bits per heavy atom. The molecule has 2 aliphatic heterocycles. The molecule has 3 aromatic rings. The van der Waals surface area contributed by atoms with Crippen molar-refractivity contribution in [1.82, 2.24) is 19.9 Å². The molecule has 0 saturated carbocycles. The van der Waals surface area contributed by atoms with Crippen LogP contribution in [0.15, 0.2) is 24.3 Å². The number of amides is 2. The highest BCUT2D eigenvalue weighted by Gasteiger charge is 2.20. The van der Waals surface area contributed by atoms with Crippen LogP contribution < -0.4 is 15.5 Å². The summed E-state index contributed by atoms with van der Waals surface area (Å²) in [5, 5.41) is 7.17. The Balaban J connectivity index is 1.36. The van der Waals surface area contributed by atoms with Crippen LogP contribution >= 0.6 is 0 Å². The summed E-state index contributed by atoms with van der Waals surface area (Å²) >= 11 is 0. The third-order valence-corrected chi connectivity index (χ3v) is 6.94. The van der Waals surface area contributed by atoms with Gasteiger partial charge in [-0.3, -0.25) is 9.59 Å². The van der Waals surface area contributed by atoms with E-state index in [1.165, 1.54) is 6.42 Å². The number of morpholine rings is 1. The number of benzene rings is 1. The molecule has 36 heavy (non-hydrogen) atoms. The SMILES string of the molecule is Cc1[nH]c2ccc(NC(=O)c3cc(NCC(=O)N4CCCCC4)nc(N4CCOCC4)n3)cc2c1C. The number of nitrogens with one attached hydrogen (secondary N) is 3. The lowest BCUT2D eigenvalue weighted by molar-refractivity contribution is -0.130. The van der Waals surface area contributed by atoms with Gasteiger partial charge in [-0.05, 0) is 56.9 Å². The zero-order valence-corrected chi connectivity index (χ0v) is 20.9. The van der Waals surface area contributed by atoms with E-state index in [2.05, 4.69) is 32.5 Å². The van der Waals surface area contributed by atoms with Crippen LogP contribution in [0.25, 0.3) is 10.9 Å². The van der Waals surface area contributed by atoms with Crippen LogP contribution in [-0.2, 0) is 9.53 Å². The second-order valence-corrected chi connectivity index (χ2v) is 9.42. The van der Waals surface area contributed by atoms with E-state index in [0.29, 0.717) is 43.8 Å². The molecular weight excluding hydrogens is 458 g/mol. The summed E-state index contributed by atoms with van der Waals surface area (Å²) in [7, 11) is 0. The Labute approximate surface area is 210 Å². The molecule has 10 heteroatoms. The molecule has 2 fully saturated rings. The van der Waals surface area contributed by atoms with Gasteiger partial charge in [0.15, 0.2) is 0 Å². The van der Waals surface area contributed by atoms with Crippen molar-refractivity contribution in [2.45, 2.75) is 33.1 Å². The van der Waals surface area contributed by atoms with Gasteiger partial charge in [-0.25, -0.2) is 4.98 Å². The minimum Gasteiger partial charge on any atom is -0.378 e. The Hall–Kier alpha value is -3.66. The van der Waals surface area contributed by atoms with Gasteiger partial charge < -0.3 is 30.2 Å². The summed E-state index contributed by atoms with van der Waals surface area (Å²) in [5.74, 6) is 0.611. The average Bonchev–Trinajstić information content (AvgIpc) is 3.20. The second-order valence-electron chi connectivity index (χ2n) is 9.42. The molecule has 0 radical (unpaired) electrons. The van der Waals surface area contributed by atoms with Crippen LogP contribution in [0.4, 0.5) is 17.5 Å². The molecule has 2 saturated heterocycles. The number of fused-ring (bicyclic) bond motifs is 1. The predicted octanol–water partition coefficient (Wildman–Crippen LogP) is 3.09. The first-order valence-corrected chi connectivity index (χ1v) is 12.6. The molecule has 0 atom stereocenters. The fourth-order valence-corrected chi connectivity index (χ4v) is 4.70. The molecule has 0 aliphatic carbocycles. The van der Waals surface area contributed by atoms with Crippen molar-refractivity contribution in [1.29, 1.82) is 0 Å². The predicted molar refractivity (Wildman–Crippen MR) is 140 cm³/mol. The highest BCUT2D eigenvalue weighted by Crippen LogP contribution is 2.25. The molecule has 2 aliphatic rings. The molecular formula is C26H33N7O3. The number of likely N-dealkylation sites (tertiary alicyclic amines) is 1. The summed E-state index contributed by atoms with van der Waals surface area (Å²) in [5.41, 5.74) is 4.22. The molecule has 2 aromatic heterocycles. The lowest BCUT2D eigenvalue weighted by Gasteiger charge is -2.28. The van der Waals surface area contributed by atoms with Gasteiger partial charge in [-0.15, -0.1) is 0 Å². The number of nitrogens with zero attached hydrogens (tertiary/aromatic N) is 4. The second kappa shape index (κ2) is 10.5. The minimum atomic E-state index is -0.332. The van der Waals surface area contributed by atoms with Crippen LogP contribution in [-0.4, -0.2) is 77.6 Å². The Morgan fingerprint density at radius 1 is 1.03 bits per heavy atom. The number of carbonyl (C=O) groups excluding carboxylic acids is 2. The van der Waals surface area contributed by atoms with Gasteiger partial charge in [0, 0.05) is 54.5 Å². The number of rotatable bonds is 6. The van der Waals surface area contributed by atoms with Gasteiger partial charge in [-0.2, -0.15) is 4.98 Å². The molecule has 5 rings (SSSR count). The van der Waals surface area contributed by atoms with E-state index in [1.807, 2.05) is 34.9 Å². The minimum absolute atomic E-state index is 0.0395. The number of ether oxygens (including phenoxy) is 1. The molecule has 190 valence electrons. The normalized spacial score (nSPS) is 16.3. The zero-order chi connectivity index (χ0) is 25.1. The highest BCUT2D eigenvalue weighted by atomic mass is 16.5. The van der Waals surface area contributed by atoms with E-state index >= 15 is 0 Å². The van der Waals surface area contributed by atoms with Gasteiger partial charge >= 0.3 is 0 Å². The molecule has 0 spiro atoms. The Kier molecular flexibility index (Phi) is 7.04. The van der Waals surface area contributed by atoms with Crippen molar-refractivity contribution in [3.63, 3.8) is 0 Å². The fourth-order valence-electron chi connectivity index (χ4n) is 4.70. The number of aromatic amines is 1. The summed E-state index contributed by atoms with van der Waals surface area (Å²) < 4.78 is 5.46. The highest BCUT2D eigenvalue weighted by molar-refractivity contribution is 6.04. The van der Waals surface area contributed by atoms with E-state index in [4.69, 9.17) is 4.74 Å². The molecule has 0 bridgehead atoms. The number of aryl methyl sites for hydroxylation is 2. The number of hydrogen-bond donors (Lipinski definition) is 3. The molecule has 2 amide bonds. The van der Waals surface area contributed by atoms with Gasteiger partial charge in [0.2, 0.25) is 11.9 Å². The smallest absolute Gasteiger partial charge is 0.274 e. The van der Waals surface area contributed by atoms with E-state index < -0.39 is 0 Å². The first-order chi connectivity index (χ1) is 17.5. The van der Waals surface area contributed by atoms with E-state index in [0.717, 1.165) is 48.1 Å². The fraction of sp³-hybridized carbons (Fsp3) is 0.462. The van der Waals surface area contributed by atoms with Crippen LogP contribution in [0.1, 0.15) is 41.0 Å². The zero-order valence-electron chi connectivity index (χ0n) is 20.9.